The Kier molecular flexibility index (Phi) is 9.65. The lowest BCUT2D eigenvalue weighted by molar-refractivity contribution is 0.0889. The number of amides is 1. The molecule has 0 bridgehead atoms. The summed E-state index contributed by atoms with van der Waals surface area (Å²) in [6.07, 6.45) is 5.89. The lowest BCUT2D eigenvalue weighted by Gasteiger charge is -2.30. The summed E-state index contributed by atoms with van der Waals surface area (Å²) in [5.74, 6) is -0.385. The van der Waals surface area contributed by atoms with Gasteiger partial charge in [-0.2, -0.15) is 0 Å². The molecule has 1 aliphatic heterocycles. The van der Waals surface area contributed by atoms with Crippen LogP contribution in [-0.4, -0.2) is 74.9 Å². The molecule has 0 unspecified atom stereocenters. The zero-order chi connectivity index (χ0) is 36.6. The van der Waals surface area contributed by atoms with E-state index in [1.807, 2.05) is 18.2 Å². The van der Waals surface area contributed by atoms with Crippen LogP contribution in [0.25, 0.3) is 27.8 Å². The third-order valence-corrected chi connectivity index (χ3v) is 11.0. The Labute approximate surface area is 306 Å². The predicted octanol–water partition coefficient (Wildman–Crippen LogP) is 5.52. The molecule has 8 rings (SSSR count). The van der Waals surface area contributed by atoms with Crippen LogP contribution >= 0.6 is 0 Å². The smallest absolute Gasteiger partial charge is 0.337 e. The Morgan fingerprint density at radius 1 is 0.906 bits per heavy atom. The summed E-state index contributed by atoms with van der Waals surface area (Å²) in [5.41, 5.74) is 3.07. The van der Waals surface area contributed by atoms with E-state index in [9.17, 15) is 23.6 Å². The summed E-state index contributed by atoms with van der Waals surface area (Å²) in [4.78, 5) is 62.6. The predicted molar refractivity (Wildman–Crippen MR) is 199 cm³/mol. The van der Waals surface area contributed by atoms with Crippen molar-refractivity contribution < 1.29 is 18.4 Å². The number of carbonyl (C=O) groups excluding carboxylic acids is 2. The molecule has 1 saturated carbocycles. The maximum Gasteiger partial charge on any atom is 0.337 e. The summed E-state index contributed by atoms with van der Waals surface area (Å²) in [6, 6.07) is 18.0. The zero-order valence-corrected chi connectivity index (χ0v) is 29.9. The van der Waals surface area contributed by atoms with Gasteiger partial charge in [0.2, 0.25) is 0 Å². The molecule has 2 aliphatic carbocycles. The van der Waals surface area contributed by atoms with Crippen LogP contribution in [0.2, 0.25) is 0 Å². The van der Waals surface area contributed by atoms with Crippen LogP contribution in [0.1, 0.15) is 83.2 Å². The van der Waals surface area contributed by atoms with Gasteiger partial charge in [0.25, 0.3) is 11.5 Å². The molecule has 274 valence electrons. The normalized spacial score (nSPS) is 19.9. The first-order chi connectivity index (χ1) is 25.7. The van der Waals surface area contributed by atoms with E-state index in [2.05, 4.69) is 51.4 Å². The summed E-state index contributed by atoms with van der Waals surface area (Å²) in [7, 11) is 2.17. The highest BCUT2D eigenvalue weighted by Gasteiger charge is 2.30. The van der Waals surface area contributed by atoms with E-state index in [0.29, 0.717) is 62.0 Å². The molecule has 3 aromatic heterocycles. The second-order valence-corrected chi connectivity index (χ2v) is 14.7. The zero-order valence-electron chi connectivity index (χ0n) is 29.9. The maximum atomic E-state index is 14.6. The van der Waals surface area contributed by atoms with Crippen LogP contribution in [0, 0.1) is 5.82 Å². The van der Waals surface area contributed by atoms with E-state index in [1.54, 1.807) is 6.07 Å². The number of Topliss-reactive ketones (excluding diaryl/α,β-unsaturated/α-hetero) is 1. The Bertz CT molecular complexity index is 2300. The molecule has 2 fully saturated rings. The van der Waals surface area contributed by atoms with Crippen molar-refractivity contribution in [2.75, 3.05) is 33.2 Å². The molecular weight excluding hydrogens is 675 g/mol. The third kappa shape index (κ3) is 7.13. The fourth-order valence-corrected chi connectivity index (χ4v) is 8.12. The Balaban J connectivity index is 1.04. The second-order valence-electron chi connectivity index (χ2n) is 14.7. The molecular formula is C41H43FN6O5. The average Bonchev–Trinajstić information content (AvgIpc) is 3.51. The van der Waals surface area contributed by atoms with Crippen molar-refractivity contribution in [2.45, 2.75) is 70.0 Å². The number of benzene rings is 2. The van der Waals surface area contributed by atoms with Crippen LogP contribution in [0.3, 0.4) is 0 Å². The first-order valence-corrected chi connectivity index (χ1v) is 18.6. The summed E-state index contributed by atoms with van der Waals surface area (Å²) < 4.78 is 22.9. The van der Waals surface area contributed by atoms with E-state index in [-0.39, 0.29) is 34.5 Å². The number of pyridine rings is 1. The number of fused-ring (bicyclic) bond motifs is 2. The minimum Gasteiger partial charge on any atom is -0.455 e. The lowest BCUT2D eigenvalue weighted by atomic mass is 9.90. The van der Waals surface area contributed by atoms with Gasteiger partial charge in [-0.15, -0.1) is 0 Å². The Hall–Kier alpha value is -5.20. The molecule has 1 saturated heterocycles. The molecule has 53 heavy (non-hydrogen) atoms. The van der Waals surface area contributed by atoms with Crippen LogP contribution < -0.4 is 16.6 Å². The molecule has 0 radical (unpaired) electrons. The van der Waals surface area contributed by atoms with Gasteiger partial charge in [0.15, 0.2) is 17.2 Å². The van der Waals surface area contributed by atoms with Gasteiger partial charge in [-0.3, -0.25) is 23.9 Å². The van der Waals surface area contributed by atoms with Crippen LogP contribution in [0.15, 0.2) is 80.9 Å². The minimum atomic E-state index is -0.667. The molecule has 12 heteroatoms. The van der Waals surface area contributed by atoms with Crippen molar-refractivity contribution in [3.8, 4) is 16.8 Å². The molecule has 1 amide bonds. The number of hydrogen-bond acceptors (Lipinski definition) is 8. The molecule has 0 spiro atoms. The van der Waals surface area contributed by atoms with Crippen molar-refractivity contribution in [3.63, 3.8) is 0 Å². The Morgan fingerprint density at radius 3 is 2.51 bits per heavy atom. The highest BCUT2D eigenvalue weighted by atomic mass is 19.1. The second kappa shape index (κ2) is 14.7. The SMILES string of the molecule is CN1CCCN(Cc2ccc(-c3cccc(-n4c(=O)n([C@H]5CC[C@@H](NC(=O)c6cc7c(o6)CCCC7=O)CC5)c(=O)c5cc(F)cnc54)c3)cc2)CC1. The number of hydrogen-bond donors (Lipinski definition) is 1. The van der Waals surface area contributed by atoms with Gasteiger partial charge in [0, 0.05) is 50.6 Å². The average molecular weight is 719 g/mol. The van der Waals surface area contributed by atoms with E-state index in [1.165, 1.54) is 20.8 Å². The van der Waals surface area contributed by atoms with Crippen molar-refractivity contribution in [1.29, 1.82) is 0 Å². The standard InChI is InChI=1S/C41H43FN6O5/c1-45-17-4-18-46(20-19-45)25-26-9-11-27(12-10-26)28-5-2-6-32(21-28)47-38-34(22-29(42)24-43-38)40(51)48(41(47)52)31-15-13-30(14-16-31)44-39(50)37-23-33-35(49)7-3-8-36(33)53-37/h2,5-6,9-12,21-24,30-31H,3-4,7-8,13-20,25H2,1H3,(H,44,50)/t30-,31+. The highest BCUT2D eigenvalue weighted by Crippen LogP contribution is 2.30. The molecule has 5 aromatic rings. The number of likely N-dealkylation sites (N-methyl/N-ethyl adjacent to an activating group) is 1. The van der Waals surface area contributed by atoms with Crippen molar-refractivity contribution in [3.05, 3.63) is 116 Å². The largest absolute Gasteiger partial charge is 0.455 e. The quantitative estimate of drug-likeness (QED) is 0.234. The first-order valence-electron chi connectivity index (χ1n) is 18.6. The van der Waals surface area contributed by atoms with Gasteiger partial charge >= 0.3 is 5.69 Å². The maximum absolute atomic E-state index is 14.6. The number of halogens is 1. The van der Waals surface area contributed by atoms with Gasteiger partial charge in [-0.1, -0.05) is 36.4 Å². The number of aryl methyl sites for hydroxylation is 1. The van der Waals surface area contributed by atoms with Crippen molar-refractivity contribution in [1.82, 2.24) is 29.2 Å². The number of ketones is 1. The number of aromatic nitrogens is 3. The number of rotatable bonds is 7. The summed E-state index contributed by atoms with van der Waals surface area (Å²) in [6.45, 7) is 5.19. The van der Waals surface area contributed by atoms with E-state index < -0.39 is 23.1 Å². The topological polar surface area (TPSA) is 123 Å². The number of nitrogens with one attached hydrogen (secondary N) is 1. The Morgan fingerprint density at radius 2 is 1.72 bits per heavy atom. The molecule has 2 aromatic carbocycles. The molecule has 11 nitrogen and oxygen atoms in total. The van der Waals surface area contributed by atoms with E-state index in [0.717, 1.165) is 62.5 Å². The van der Waals surface area contributed by atoms with Crippen LogP contribution in [-0.2, 0) is 13.0 Å². The number of carbonyl (C=O) groups is 2. The molecule has 0 atom stereocenters. The first kappa shape index (κ1) is 34.9. The minimum absolute atomic E-state index is 0.0102. The number of furan rings is 1. The van der Waals surface area contributed by atoms with E-state index >= 15 is 0 Å². The fourth-order valence-electron chi connectivity index (χ4n) is 8.12. The van der Waals surface area contributed by atoms with Crippen molar-refractivity contribution in [2.24, 2.45) is 0 Å². The van der Waals surface area contributed by atoms with Gasteiger partial charge in [-0.25, -0.2) is 18.7 Å². The lowest BCUT2D eigenvalue weighted by Crippen LogP contribution is -2.45. The van der Waals surface area contributed by atoms with Crippen LogP contribution in [0.4, 0.5) is 4.39 Å². The van der Waals surface area contributed by atoms with Gasteiger partial charge in [0.1, 0.15) is 11.6 Å². The summed E-state index contributed by atoms with van der Waals surface area (Å²) in [5, 5.41) is 3.03. The van der Waals surface area contributed by atoms with Gasteiger partial charge < -0.3 is 14.6 Å². The van der Waals surface area contributed by atoms with E-state index in [4.69, 9.17) is 4.42 Å². The van der Waals surface area contributed by atoms with Crippen LogP contribution in [0.5, 0.6) is 0 Å². The third-order valence-electron chi connectivity index (χ3n) is 11.0. The molecule has 4 heterocycles. The summed E-state index contributed by atoms with van der Waals surface area (Å²) >= 11 is 0. The van der Waals surface area contributed by atoms with Gasteiger partial charge in [0.05, 0.1) is 22.8 Å². The highest BCUT2D eigenvalue weighted by molar-refractivity contribution is 6.01. The molecule has 3 aliphatic rings. The fraction of sp³-hybridized carbons (Fsp3) is 0.390. The molecule has 1 N–H and O–H groups in total. The van der Waals surface area contributed by atoms with Crippen molar-refractivity contribution >= 4 is 22.7 Å². The van der Waals surface area contributed by atoms with Gasteiger partial charge in [-0.05, 0) is 93.6 Å². The monoisotopic (exact) mass is 718 g/mol. The number of nitrogens with zero attached hydrogens (tertiary/aromatic N) is 5.